The third kappa shape index (κ3) is 4.41. The van der Waals surface area contributed by atoms with E-state index < -0.39 is 9.84 Å². The van der Waals surface area contributed by atoms with E-state index in [9.17, 15) is 13.2 Å². The molecule has 1 aliphatic carbocycles. The molecule has 7 nitrogen and oxygen atoms in total. The molecule has 1 unspecified atom stereocenters. The Labute approximate surface area is 191 Å². The van der Waals surface area contributed by atoms with Gasteiger partial charge in [-0.15, -0.1) is 0 Å². The number of hydrogen-bond donors (Lipinski definition) is 0. The van der Waals surface area contributed by atoms with Gasteiger partial charge in [-0.05, 0) is 37.5 Å². The number of para-hydroxylation sites is 1. The third-order valence-corrected chi connectivity index (χ3v) is 8.98. The van der Waals surface area contributed by atoms with Gasteiger partial charge in [0.15, 0.2) is 21.4 Å². The van der Waals surface area contributed by atoms with E-state index in [0.717, 1.165) is 41.6 Å². The number of amides is 1. The zero-order valence-corrected chi connectivity index (χ0v) is 19.3. The lowest BCUT2D eigenvalue weighted by Gasteiger charge is -2.34. The molecule has 1 saturated carbocycles. The molecule has 0 spiro atoms. The second-order valence-corrected chi connectivity index (χ2v) is 11.6. The number of furan rings is 1. The summed E-state index contributed by atoms with van der Waals surface area (Å²) in [5.41, 5.74) is 0.790. The van der Waals surface area contributed by atoms with Crippen molar-refractivity contribution in [1.29, 1.82) is 0 Å². The average molecular weight is 472 g/mol. The average Bonchev–Trinajstić information content (AvgIpc) is 3.55. The molecule has 5 rings (SSSR count). The number of rotatable bonds is 6. The lowest BCUT2D eigenvalue weighted by atomic mass is 10.1. The molecule has 1 aromatic carbocycles. The molecule has 3 heterocycles. The van der Waals surface area contributed by atoms with Crippen LogP contribution in [0, 0.1) is 0 Å². The number of carbonyl (C=O) groups is 1. The van der Waals surface area contributed by atoms with Crippen LogP contribution in [-0.4, -0.2) is 58.5 Å². The van der Waals surface area contributed by atoms with Crippen LogP contribution in [0.3, 0.4) is 0 Å². The van der Waals surface area contributed by atoms with E-state index in [0.29, 0.717) is 18.0 Å². The van der Waals surface area contributed by atoms with Gasteiger partial charge in [-0.1, -0.05) is 42.8 Å². The van der Waals surface area contributed by atoms with Crippen molar-refractivity contribution in [3.63, 3.8) is 0 Å². The summed E-state index contributed by atoms with van der Waals surface area (Å²) in [4.78, 5) is 24.6. The summed E-state index contributed by atoms with van der Waals surface area (Å²) in [7, 11) is -3.06. The minimum atomic E-state index is -3.06. The van der Waals surface area contributed by atoms with E-state index in [1.54, 1.807) is 12.3 Å². The molecular weight excluding hydrogens is 446 g/mol. The van der Waals surface area contributed by atoms with Gasteiger partial charge in [-0.25, -0.2) is 18.4 Å². The second-order valence-electron chi connectivity index (χ2n) is 8.43. The Bertz CT molecular complexity index is 1220. The van der Waals surface area contributed by atoms with Crippen molar-refractivity contribution < 1.29 is 17.6 Å². The van der Waals surface area contributed by atoms with Crippen LogP contribution >= 0.6 is 11.8 Å². The highest BCUT2D eigenvalue weighted by Crippen LogP contribution is 2.32. The number of benzene rings is 1. The van der Waals surface area contributed by atoms with Crippen molar-refractivity contribution >= 4 is 38.4 Å². The zero-order valence-electron chi connectivity index (χ0n) is 17.6. The van der Waals surface area contributed by atoms with Crippen LogP contribution in [0.1, 0.15) is 32.1 Å². The Morgan fingerprint density at radius 1 is 1.06 bits per heavy atom. The maximum absolute atomic E-state index is 13.4. The lowest BCUT2D eigenvalue weighted by molar-refractivity contribution is -0.132. The van der Waals surface area contributed by atoms with Crippen molar-refractivity contribution in [3.8, 4) is 11.6 Å². The summed E-state index contributed by atoms with van der Waals surface area (Å²) in [5.74, 6) is 1.52. The summed E-state index contributed by atoms with van der Waals surface area (Å²) in [6.07, 6.45) is 6.19. The molecule has 3 aromatic rings. The normalized spacial score (nSPS) is 20.7. The molecule has 168 valence electrons. The topological polar surface area (TPSA) is 93.4 Å². The molecule has 0 N–H and O–H groups in total. The number of thioether (sulfide) groups is 1. The first-order chi connectivity index (χ1) is 15.5. The monoisotopic (exact) mass is 471 g/mol. The quantitative estimate of drug-likeness (QED) is 0.397. The number of aromatic nitrogens is 2. The first kappa shape index (κ1) is 21.5. The van der Waals surface area contributed by atoms with Crippen LogP contribution in [0.2, 0.25) is 0 Å². The zero-order chi connectivity index (χ0) is 22.1. The van der Waals surface area contributed by atoms with Crippen LogP contribution in [-0.2, 0) is 14.6 Å². The fourth-order valence-electron chi connectivity index (χ4n) is 4.76. The maximum atomic E-state index is 13.4. The van der Waals surface area contributed by atoms with Crippen molar-refractivity contribution in [2.75, 3.05) is 17.3 Å². The number of carbonyl (C=O) groups excluding carboxylic acids is 1. The Balaban J connectivity index is 1.40. The highest BCUT2D eigenvalue weighted by molar-refractivity contribution is 8.00. The van der Waals surface area contributed by atoms with E-state index in [1.165, 1.54) is 11.8 Å². The first-order valence-electron chi connectivity index (χ1n) is 11.0. The molecule has 2 aromatic heterocycles. The lowest BCUT2D eigenvalue weighted by Crippen LogP contribution is -2.47. The largest absolute Gasteiger partial charge is 0.461 e. The van der Waals surface area contributed by atoms with Gasteiger partial charge >= 0.3 is 0 Å². The predicted molar refractivity (Wildman–Crippen MR) is 124 cm³/mol. The van der Waals surface area contributed by atoms with Gasteiger partial charge in [-0.3, -0.25) is 4.79 Å². The van der Waals surface area contributed by atoms with Crippen LogP contribution < -0.4 is 0 Å². The summed E-state index contributed by atoms with van der Waals surface area (Å²) in [6.45, 7) is 0. The Morgan fingerprint density at radius 3 is 2.59 bits per heavy atom. The van der Waals surface area contributed by atoms with Crippen molar-refractivity contribution in [3.05, 3.63) is 42.7 Å². The Morgan fingerprint density at radius 2 is 1.88 bits per heavy atom. The van der Waals surface area contributed by atoms with E-state index in [1.807, 2.05) is 35.2 Å². The molecule has 1 amide bonds. The minimum absolute atomic E-state index is 0.00811. The van der Waals surface area contributed by atoms with E-state index in [2.05, 4.69) is 9.97 Å². The first-order valence-corrected chi connectivity index (χ1v) is 13.8. The van der Waals surface area contributed by atoms with Crippen molar-refractivity contribution in [2.45, 2.75) is 49.2 Å². The van der Waals surface area contributed by atoms with E-state index in [4.69, 9.17) is 4.42 Å². The van der Waals surface area contributed by atoms with Crippen LogP contribution in [0.25, 0.3) is 22.5 Å². The molecule has 9 heteroatoms. The van der Waals surface area contributed by atoms with E-state index >= 15 is 0 Å². The highest BCUT2D eigenvalue weighted by atomic mass is 32.2. The number of fused-ring (bicyclic) bond motifs is 1. The minimum Gasteiger partial charge on any atom is -0.461 e. The second kappa shape index (κ2) is 8.86. The molecule has 2 aliphatic rings. The van der Waals surface area contributed by atoms with Gasteiger partial charge in [0.2, 0.25) is 5.91 Å². The molecule has 32 heavy (non-hydrogen) atoms. The van der Waals surface area contributed by atoms with Crippen LogP contribution in [0.5, 0.6) is 0 Å². The van der Waals surface area contributed by atoms with Gasteiger partial charge in [0.05, 0.1) is 29.0 Å². The molecule has 1 saturated heterocycles. The Kier molecular flexibility index (Phi) is 5.94. The smallest absolute Gasteiger partial charge is 0.233 e. The van der Waals surface area contributed by atoms with Crippen LogP contribution in [0.4, 0.5) is 0 Å². The highest BCUT2D eigenvalue weighted by Gasteiger charge is 2.38. The number of nitrogens with zero attached hydrogens (tertiary/aromatic N) is 3. The van der Waals surface area contributed by atoms with Gasteiger partial charge in [0.25, 0.3) is 0 Å². The predicted octanol–water partition coefficient (Wildman–Crippen LogP) is 3.94. The summed E-state index contributed by atoms with van der Waals surface area (Å²) >= 11 is 1.38. The summed E-state index contributed by atoms with van der Waals surface area (Å²) in [6, 6.07) is 11.3. The number of sulfone groups is 1. The van der Waals surface area contributed by atoms with E-state index in [-0.39, 0.29) is 35.2 Å². The van der Waals surface area contributed by atoms with Gasteiger partial charge in [-0.2, -0.15) is 0 Å². The van der Waals surface area contributed by atoms with Gasteiger partial charge in [0.1, 0.15) is 5.03 Å². The maximum Gasteiger partial charge on any atom is 0.233 e. The molecule has 1 aliphatic heterocycles. The van der Waals surface area contributed by atoms with Crippen molar-refractivity contribution in [2.24, 2.45) is 0 Å². The molecule has 0 radical (unpaired) electrons. The third-order valence-electron chi connectivity index (χ3n) is 6.25. The summed E-state index contributed by atoms with van der Waals surface area (Å²) < 4.78 is 29.7. The molecule has 2 fully saturated rings. The fraction of sp³-hybridized carbons (Fsp3) is 0.435. The van der Waals surface area contributed by atoms with Gasteiger partial charge in [0, 0.05) is 17.5 Å². The Hall–Kier alpha value is -2.39. The summed E-state index contributed by atoms with van der Waals surface area (Å²) in [5, 5.41) is 1.61. The van der Waals surface area contributed by atoms with Gasteiger partial charge < -0.3 is 9.32 Å². The SMILES string of the molecule is O=C(CSc1nc(-c2ccco2)nc2ccccc12)N(C1CCCC1)C1CCS(=O)(=O)C1. The van der Waals surface area contributed by atoms with Crippen LogP contribution in [0.15, 0.2) is 52.1 Å². The molecule has 1 atom stereocenters. The number of hydrogen-bond acceptors (Lipinski definition) is 7. The molecular formula is C23H25N3O4S2. The van der Waals surface area contributed by atoms with Crippen molar-refractivity contribution in [1.82, 2.24) is 14.9 Å². The standard InChI is InChI=1S/C23H25N3O4S2/c27-21(26(16-6-1-2-7-16)17-11-13-32(28,29)15-17)14-31-23-18-8-3-4-9-19(18)24-22(25-23)20-10-5-12-30-20/h3-5,8-10,12,16-17H,1-2,6-7,11,13-15H2. The fourth-order valence-corrected chi connectivity index (χ4v) is 7.36. The molecule has 0 bridgehead atoms.